The summed E-state index contributed by atoms with van der Waals surface area (Å²) in [6.07, 6.45) is 4.45. The number of anilines is 1. The number of hydrogen-bond donors (Lipinski definition) is 2. The van der Waals surface area contributed by atoms with E-state index in [0.717, 1.165) is 0 Å². The lowest BCUT2D eigenvalue weighted by atomic mass is 10.3. The van der Waals surface area contributed by atoms with Gasteiger partial charge in [0.05, 0.1) is 6.61 Å². The molecule has 1 aromatic heterocycles. The van der Waals surface area contributed by atoms with Crippen LogP contribution in [0.5, 0.6) is 0 Å². The first kappa shape index (κ1) is 13.3. The lowest BCUT2D eigenvalue weighted by molar-refractivity contribution is -0.137. The normalized spacial score (nSPS) is 10.8. The highest BCUT2D eigenvalue weighted by atomic mass is 79.9. The van der Waals surface area contributed by atoms with Crippen molar-refractivity contribution in [3.63, 3.8) is 0 Å². The van der Waals surface area contributed by atoms with E-state index in [1.807, 2.05) is 0 Å². The number of carbonyl (C=O) groups is 1. The van der Waals surface area contributed by atoms with E-state index < -0.39 is 5.97 Å². The number of hydrogen-bond acceptors (Lipinski definition) is 6. The summed E-state index contributed by atoms with van der Waals surface area (Å²) in [6.45, 7) is 1.94. The van der Waals surface area contributed by atoms with Crippen LogP contribution >= 0.6 is 15.9 Å². The van der Waals surface area contributed by atoms with Gasteiger partial charge >= 0.3 is 5.97 Å². The summed E-state index contributed by atoms with van der Waals surface area (Å²) in [4.78, 5) is 19.3. The first-order chi connectivity index (χ1) is 8.15. The summed E-state index contributed by atoms with van der Waals surface area (Å²) in [6, 6.07) is 1.67. The van der Waals surface area contributed by atoms with Crippen molar-refractivity contribution in [1.82, 2.24) is 9.97 Å². The molecule has 0 radical (unpaired) electrons. The first-order valence-electron chi connectivity index (χ1n) is 4.80. The van der Waals surface area contributed by atoms with Gasteiger partial charge in [0.2, 0.25) is 5.95 Å². The maximum atomic E-state index is 11.5. The van der Waals surface area contributed by atoms with Crippen LogP contribution in [0, 0.1) is 5.41 Å². The Morgan fingerprint density at radius 1 is 1.59 bits per heavy atom. The van der Waals surface area contributed by atoms with E-state index in [2.05, 4.69) is 31.2 Å². The zero-order valence-corrected chi connectivity index (χ0v) is 10.7. The zero-order chi connectivity index (χ0) is 12.7. The SMILES string of the molecule is CCOC(=O)/C(=C/Nc1ncccn1)C(=N)Br. The average molecular weight is 299 g/mol. The largest absolute Gasteiger partial charge is 0.462 e. The van der Waals surface area contributed by atoms with Crippen molar-refractivity contribution >= 4 is 32.5 Å². The van der Waals surface area contributed by atoms with Gasteiger partial charge in [0.15, 0.2) is 0 Å². The van der Waals surface area contributed by atoms with Crippen molar-refractivity contribution in [3.8, 4) is 0 Å². The predicted octanol–water partition coefficient (Wildman–Crippen LogP) is 1.71. The second-order valence-corrected chi connectivity index (χ2v) is 3.60. The Morgan fingerprint density at radius 2 is 2.24 bits per heavy atom. The third-order valence-electron chi connectivity index (χ3n) is 1.64. The lowest BCUT2D eigenvalue weighted by Gasteiger charge is -2.04. The maximum absolute atomic E-state index is 11.5. The van der Waals surface area contributed by atoms with Gasteiger partial charge in [0.25, 0.3) is 0 Å². The van der Waals surface area contributed by atoms with Crippen molar-refractivity contribution in [2.24, 2.45) is 0 Å². The van der Waals surface area contributed by atoms with Gasteiger partial charge in [-0.25, -0.2) is 14.8 Å². The van der Waals surface area contributed by atoms with Crippen LogP contribution in [0.25, 0.3) is 0 Å². The summed E-state index contributed by atoms with van der Waals surface area (Å²) in [5.74, 6) is -0.249. The number of nitrogens with one attached hydrogen (secondary N) is 2. The Kier molecular flexibility index (Phi) is 5.28. The molecule has 1 heterocycles. The van der Waals surface area contributed by atoms with Gasteiger partial charge in [-0.3, -0.25) is 5.41 Å². The molecule has 2 N–H and O–H groups in total. The summed E-state index contributed by atoms with van der Waals surface area (Å²) >= 11 is 2.92. The highest BCUT2D eigenvalue weighted by Crippen LogP contribution is 2.06. The van der Waals surface area contributed by atoms with Crippen LogP contribution in [-0.4, -0.2) is 27.2 Å². The summed E-state index contributed by atoms with van der Waals surface area (Å²) in [5.41, 5.74) is 0.0688. The monoisotopic (exact) mass is 298 g/mol. The molecule has 0 atom stereocenters. The minimum Gasteiger partial charge on any atom is -0.462 e. The predicted molar refractivity (Wildman–Crippen MR) is 67.0 cm³/mol. The van der Waals surface area contributed by atoms with Gasteiger partial charge in [0.1, 0.15) is 10.2 Å². The van der Waals surface area contributed by atoms with Crippen LogP contribution in [0.1, 0.15) is 6.92 Å². The highest BCUT2D eigenvalue weighted by molar-refractivity contribution is 9.18. The Bertz CT molecular complexity index is 433. The molecule has 0 aromatic carbocycles. The number of halogens is 1. The molecule has 6 nitrogen and oxygen atoms in total. The topological polar surface area (TPSA) is 88.0 Å². The average Bonchev–Trinajstić information content (AvgIpc) is 2.30. The Labute approximate surface area is 107 Å². The van der Waals surface area contributed by atoms with Crippen molar-refractivity contribution in [2.45, 2.75) is 6.92 Å². The molecular weight excluding hydrogens is 288 g/mol. The van der Waals surface area contributed by atoms with Crippen molar-refractivity contribution in [1.29, 1.82) is 5.41 Å². The van der Waals surface area contributed by atoms with E-state index >= 15 is 0 Å². The van der Waals surface area contributed by atoms with Gasteiger partial charge in [-0.05, 0) is 28.9 Å². The fourth-order valence-corrected chi connectivity index (χ4v) is 1.21. The molecular formula is C10H11BrN4O2. The molecule has 0 bridgehead atoms. The molecule has 7 heteroatoms. The Morgan fingerprint density at radius 3 is 2.76 bits per heavy atom. The van der Waals surface area contributed by atoms with Gasteiger partial charge in [-0.1, -0.05) is 0 Å². The number of ether oxygens (including phenoxy) is 1. The van der Waals surface area contributed by atoms with Crippen LogP contribution in [-0.2, 0) is 9.53 Å². The molecule has 1 aromatic rings. The third-order valence-corrected chi connectivity index (χ3v) is 2.07. The van der Waals surface area contributed by atoms with Crippen molar-refractivity contribution in [2.75, 3.05) is 11.9 Å². The Balaban J connectivity index is 2.78. The van der Waals surface area contributed by atoms with E-state index in [9.17, 15) is 4.79 Å². The van der Waals surface area contributed by atoms with Gasteiger partial charge in [-0.15, -0.1) is 0 Å². The number of rotatable bonds is 5. The lowest BCUT2D eigenvalue weighted by Crippen LogP contribution is -2.13. The van der Waals surface area contributed by atoms with E-state index in [1.165, 1.54) is 6.20 Å². The van der Waals surface area contributed by atoms with Crippen molar-refractivity contribution < 1.29 is 9.53 Å². The molecule has 1 rings (SSSR count). The van der Waals surface area contributed by atoms with Crippen LogP contribution in [0.3, 0.4) is 0 Å². The van der Waals surface area contributed by atoms with Gasteiger partial charge < -0.3 is 10.1 Å². The Hall–Kier alpha value is -1.76. The minimum absolute atomic E-state index is 0.0688. The fraction of sp³-hybridized carbons (Fsp3) is 0.200. The van der Waals surface area contributed by atoms with E-state index in [-0.39, 0.29) is 16.8 Å². The molecule has 90 valence electrons. The number of carbonyl (C=O) groups excluding carboxylic acids is 1. The van der Waals surface area contributed by atoms with Crippen LogP contribution in [0.4, 0.5) is 5.95 Å². The fourth-order valence-electron chi connectivity index (χ4n) is 0.931. The zero-order valence-electron chi connectivity index (χ0n) is 9.11. The molecule has 0 saturated heterocycles. The molecule has 0 spiro atoms. The summed E-state index contributed by atoms with van der Waals surface area (Å²) < 4.78 is 4.72. The van der Waals surface area contributed by atoms with E-state index in [4.69, 9.17) is 10.1 Å². The number of nitrogens with zero attached hydrogens (tertiary/aromatic N) is 2. The minimum atomic E-state index is -0.585. The van der Waals surface area contributed by atoms with Crippen molar-refractivity contribution in [3.05, 3.63) is 30.2 Å². The maximum Gasteiger partial charge on any atom is 0.342 e. The second-order valence-electron chi connectivity index (χ2n) is 2.81. The van der Waals surface area contributed by atoms with E-state index in [1.54, 1.807) is 25.4 Å². The molecule has 17 heavy (non-hydrogen) atoms. The first-order valence-corrected chi connectivity index (χ1v) is 5.59. The number of aromatic nitrogens is 2. The summed E-state index contributed by atoms with van der Waals surface area (Å²) in [7, 11) is 0. The quantitative estimate of drug-likeness (QED) is 0.491. The second kappa shape index (κ2) is 6.74. The summed E-state index contributed by atoms with van der Waals surface area (Å²) in [5, 5.41) is 10.1. The molecule has 0 fully saturated rings. The van der Waals surface area contributed by atoms with E-state index in [0.29, 0.717) is 5.95 Å². The third kappa shape index (κ3) is 4.31. The highest BCUT2D eigenvalue weighted by Gasteiger charge is 2.13. The molecule has 0 saturated carbocycles. The standard InChI is InChI=1S/C10H11BrN4O2/c1-2-17-9(16)7(8(11)12)6-15-10-13-4-3-5-14-10/h3-6,12H,2H2,1H3,(H,13,14,15)/b7-6+,12-8?. The molecule has 0 aliphatic heterocycles. The number of esters is 1. The van der Waals surface area contributed by atoms with Crippen LogP contribution in [0.2, 0.25) is 0 Å². The van der Waals surface area contributed by atoms with Crippen LogP contribution in [0.15, 0.2) is 30.2 Å². The molecule has 0 aliphatic rings. The van der Waals surface area contributed by atoms with Crippen LogP contribution < -0.4 is 5.32 Å². The van der Waals surface area contributed by atoms with Gasteiger partial charge in [-0.2, -0.15) is 0 Å². The smallest absolute Gasteiger partial charge is 0.342 e. The van der Waals surface area contributed by atoms with Gasteiger partial charge in [0, 0.05) is 18.6 Å². The molecule has 0 amide bonds. The molecule has 0 aliphatic carbocycles. The molecule has 0 unspecified atom stereocenters.